The molecule has 2 amide bonds. The maximum Gasteiger partial charge on any atom is 0.254 e. The summed E-state index contributed by atoms with van der Waals surface area (Å²) in [6.07, 6.45) is 0. The van der Waals surface area contributed by atoms with E-state index in [0.29, 0.717) is 5.58 Å². The van der Waals surface area contributed by atoms with E-state index in [2.05, 4.69) is 10.5 Å². The average Bonchev–Trinajstić information content (AvgIpc) is 2.35. The number of hydrogen-bond donors (Lipinski definition) is 2. The zero-order valence-corrected chi connectivity index (χ0v) is 9.64. The van der Waals surface area contributed by atoms with Crippen LogP contribution in [0, 0.1) is 0 Å². The number of para-hydroxylation sites is 1. The van der Waals surface area contributed by atoms with Gasteiger partial charge in [-0.3, -0.25) is 9.59 Å². The van der Waals surface area contributed by atoms with Crippen molar-refractivity contribution in [3.63, 3.8) is 0 Å². The van der Waals surface area contributed by atoms with Crippen molar-refractivity contribution >= 4 is 22.8 Å². The Balaban J connectivity index is 2.69. The highest BCUT2D eigenvalue weighted by atomic mass is 16.3. The van der Waals surface area contributed by atoms with Gasteiger partial charge in [0.1, 0.15) is 11.1 Å². The van der Waals surface area contributed by atoms with Gasteiger partial charge in [-0.15, -0.1) is 5.10 Å². The number of benzene rings is 1. The third kappa shape index (κ3) is 2.37. The number of primary amides is 1. The maximum absolute atomic E-state index is 11.3. The molecule has 0 bridgehead atoms. The maximum atomic E-state index is 11.3. The number of carbonyl (C=O) groups is 2. The number of nitrogens with one attached hydrogen (secondary N) is 1. The van der Waals surface area contributed by atoms with E-state index in [0.717, 1.165) is 5.39 Å². The molecule has 0 radical (unpaired) electrons. The number of nitrogens with two attached hydrogens (primary N) is 1. The van der Waals surface area contributed by atoms with Crippen LogP contribution in [-0.2, 0) is 4.79 Å². The lowest BCUT2D eigenvalue weighted by molar-refractivity contribution is -0.119. The molecule has 0 aliphatic heterocycles. The SMILES string of the molecule is CC(=O)N/N=c1\oc2ccccc2cc1C(N)=O. The molecule has 18 heavy (non-hydrogen) atoms. The van der Waals surface area contributed by atoms with Gasteiger partial charge < -0.3 is 10.2 Å². The van der Waals surface area contributed by atoms with Crippen molar-refractivity contribution in [2.75, 3.05) is 0 Å². The van der Waals surface area contributed by atoms with Crippen LogP contribution in [-0.4, -0.2) is 11.8 Å². The Kier molecular flexibility index (Phi) is 3.09. The van der Waals surface area contributed by atoms with Crippen molar-refractivity contribution < 1.29 is 14.0 Å². The molecule has 3 N–H and O–H groups in total. The summed E-state index contributed by atoms with van der Waals surface area (Å²) in [5, 5.41) is 4.44. The number of amides is 2. The van der Waals surface area contributed by atoms with Crippen LogP contribution in [0.1, 0.15) is 17.3 Å². The van der Waals surface area contributed by atoms with E-state index in [4.69, 9.17) is 10.2 Å². The first-order valence-electron chi connectivity index (χ1n) is 5.21. The van der Waals surface area contributed by atoms with Crippen LogP contribution < -0.4 is 16.7 Å². The predicted molar refractivity (Wildman–Crippen MR) is 64.1 cm³/mol. The van der Waals surface area contributed by atoms with Crippen LogP contribution in [0.4, 0.5) is 0 Å². The summed E-state index contributed by atoms with van der Waals surface area (Å²) >= 11 is 0. The molecule has 0 atom stereocenters. The summed E-state index contributed by atoms with van der Waals surface area (Å²) in [5.41, 5.74) is 8.09. The van der Waals surface area contributed by atoms with E-state index in [9.17, 15) is 9.59 Å². The van der Waals surface area contributed by atoms with Crippen LogP contribution in [0.3, 0.4) is 0 Å². The van der Waals surface area contributed by atoms with E-state index in [1.165, 1.54) is 6.92 Å². The summed E-state index contributed by atoms with van der Waals surface area (Å²) in [6, 6.07) is 8.69. The highest BCUT2D eigenvalue weighted by molar-refractivity contribution is 5.95. The van der Waals surface area contributed by atoms with Gasteiger partial charge in [-0.2, -0.15) is 0 Å². The molecular formula is C12H11N3O3. The molecule has 92 valence electrons. The minimum absolute atomic E-state index is 0.0172. The lowest BCUT2D eigenvalue weighted by Crippen LogP contribution is -2.25. The first-order chi connectivity index (χ1) is 8.58. The number of fused-ring (bicyclic) bond motifs is 1. The standard InChI is InChI=1S/C12H11N3O3/c1-7(16)14-15-12-9(11(13)17)6-8-4-2-3-5-10(8)18-12/h2-6H,1H3,(H2,13,17)(H,14,16)/b15-12-. The molecule has 0 saturated carbocycles. The molecule has 2 rings (SSSR count). The van der Waals surface area contributed by atoms with Gasteiger partial charge in [0.15, 0.2) is 0 Å². The average molecular weight is 245 g/mol. The summed E-state index contributed by atoms with van der Waals surface area (Å²) in [6.45, 7) is 1.30. The topological polar surface area (TPSA) is 97.7 Å². The van der Waals surface area contributed by atoms with Crippen molar-refractivity contribution in [1.29, 1.82) is 0 Å². The molecule has 0 aliphatic carbocycles. The first kappa shape index (κ1) is 11.8. The van der Waals surface area contributed by atoms with Gasteiger partial charge in [0.05, 0.1) is 0 Å². The van der Waals surface area contributed by atoms with Gasteiger partial charge >= 0.3 is 0 Å². The molecule has 6 nitrogen and oxygen atoms in total. The largest absolute Gasteiger partial charge is 0.436 e. The fraction of sp³-hybridized carbons (Fsp3) is 0.0833. The highest BCUT2D eigenvalue weighted by Gasteiger charge is 2.08. The Hall–Kier alpha value is -2.63. The third-order valence-corrected chi connectivity index (χ3v) is 2.24. The molecule has 6 heteroatoms. The molecule has 2 aromatic rings. The quantitative estimate of drug-likeness (QED) is 0.753. The number of rotatable bonds is 2. The summed E-state index contributed by atoms with van der Waals surface area (Å²) in [4.78, 5) is 22.1. The molecule has 0 saturated heterocycles. The summed E-state index contributed by atoms with van der Waals surface area (Å²) < 4.78 is 5.42. The number of nitrogens with zero attached hydrogens (tertiary/aromatic N) is 1. The van der Waals surface area contributed by atoms with Crippen LogP contribution in [0.5, 0.6) is 0 Å². The Morgan fingerprint density at radius 1 is 1.33 bits per heavy atom. The van der Waals surface area contributed by atoms with Gasteiger partial charge in [-0.05, 0) is 12.1 Å². The van der Waals surface area contributed by atoms with E-state index in [1.54, 1.807) is 24.3 Å². The smallest absolute Gasteiger partial charge is 0.254 e. The first-order valence-corrected chi connectivity index (χ1v) is 5.21. The van der Waals surface area contributed by atoms with Crippen molar-refractivity contribution in [2.24, 2.45) is 10.8 Å². The second kappa shape index (κ2) is 4.70. The lowest BCUT2D eigenvalue weighted by atomic mass is 10.2. The minimum atomic E-state index is -0.673. The number of hydrogen-bond acceptors (Lipinski definition) is 4. The van der Waals surface area contributed by atoms with E-state index < -0.39 is 5.91 Å². The lowest BCUT2D eigenvalue weighted by Gasteiger charge is -2.01. The number of carbonyl (C=O) groups excluding carboxylic acids is 2. The molecule has 1 aromatic carbocycles. The van der Waals surface area contributed by atoms with Crippen molar-refractivity contribution in [3.05, 3.63) is 41.4 Å². The van der Waals surface area contributed by atoms with Gasteiger partial charge in [0.2, 0.25) is 11.5 Å². The second-order valence-corrected chi connectivity index (χ2v) is 3.65. The molecule has 0 fully saturated rings. The monoisotopic (exact) mass is 245 g/mol. The normalized spacial score (nSPS) is 11.5. The molecule has 0 spiro atoms. The zero-order chi connectivity index (χ0) is 13.1. The van der Waals surface area contributed by atoms with Gasteiger partial charge in [0, 0.05) is 12.3 Å². The molecular weight excluding hydrogens is 234 g/mol. The van der Waals surface area contributed by atoms with E-state index >= 15 is 0 Å². The second-order valence-electron chi connectivity index (χ2n) is 3.65. The Bertz CT molecular complexity index is 688. The highest BCUT2D eigenvalue weighted by Crippen LogP contribution is 2.12. The van der Waals surface area contributed by atoms with Crippen molar-refractivity contribution in [1.82, 2.24) is 5.43 Å². The third-order valence-electron chi connectivity index (χ3n) is 2.24. The van der Waals surface area contributed by atoms with Crippen molar-refractivity contribution in [3.8, 4) is 0 Å². The summed E-state index contributed by atoms with van der Waals surface area (Å²) in [5.74, 6) is -1.04. The van der Waals surface area contributed by atoms with Crippen LogP contribution in [0.15, 0.2) is 39.9 Å². The minimum Gasteiger partial charge on any atom is -0.436 e. The van der Waals surface area contributed by atoms with Crippen LogP contribution in [0.25, 0.3) is 11.0 Å². The molecule has 0 aliphatic rings. The Morgan fingerprint density at radius 3 is 2.72 bits per heavy atom. The van der Waals surface area contributed by atoms with E-state index in [1.807, 2.05) is 6.07 Å². The van der Waals surface area contributed by atoms with Gasteiger partial charge in [-0.25, -0.2) is 5.43 Å². The fourth-order valence-corrected chi connectivity index (χ4v) is 1.46. The predicted octanol–water partition coefficient (Wildman–Crippen LogP) is 0.484. The van der Waals surface area contributed by atoms with Crippen LogP contribution >= 0.6 is 0 Å². The van der Waals surface area contributed by atoms with Gasteiger partial charge in [-0.1, -0.05) is 18.2 Å². The Morgan fingerprint density at radius 2 is 2.06 bits per heavy atom. The van der Waals surface area contributed by atoms with Gasteiger partial charge in [0.25, 0.3) is 5.91 Å². The summed E-state index contributed by atoms with van der Waals surface area (Å²) in [7, 11) is 0. The fourth-order valence-electron chi connectivity index (χ4n) is 1.46. The molecule has 0 unspecified atom stereocenters. The molecule has 1 aromatic heterocycles. The molecule has 1 heterocycles. The van der Waals surface area contributed by atoms with Crippen molar-refractivity contribution in [2.45, 2.75) is 6.92 Å². The van der Waals surface area contributed by atoms with Crippen LogP contribution in [0.2, 0.25) is 0 Å². The van der Waals surface area contributed by atoms with E-state index in [-0.39, 0.29) is 17.0 Å². The Labute approximate surface area is 102 Å². The zero-order valence-electron chi connectivity index (χ0n) is 9.64.